The lowest BCUT2D eigenvalue weighted by atomic mass is 9.70. The molecule has 3 heterocycles. The molecule has 5 atom stereocenters. The summed E-state index contributed by atoms with van der Waals surface area (Å²) in [6.07, 6.45) is 1.06. The second-order valence-electron chi connectivity index (χ2n) is 11.3. The Balaban J connectivity index is 1.35. The molecule has 10 heteroatoms. The van der Waals surface area contributed by atoms with Crippen LogP contribution in [0.25, 0.3) is 11.1 Å². The number of halogens is 2. The van der Waals surface area contributed by atoms with Gasteiger partial charge in [0.25, 0.3) is 11.8 Å². The fourth-order valence-electron chi connectivity index (χ4n) is 7.17. The van der Waals surface area contributed by atoms with Crippen molar-refractivity contribution in [1.82, 2.24) is 15.5 Å². The van der Waals surface area contributed by atoms with E-state index in [2.05, 4.69) is 10.6 Å². The van der Waals surface area contributed by atoms with Crippen molar-refractivity contribution < 1.29 is 28.3 Å². The highest BCUT2D eigenvalue weighted by Gasteiger charge is 2.63. The molecule has 2 bridgehead atoms. The molecule has 2 aliphatic carbocycles. The molecule has 1 saturated carbocycles. The Hall–Kier alpha value is -3.84. The molecule has 0 unspecified atom stereocenters. The van der Waals surface area contributed by atoms with Crippen LogP contribution < -0.4 is 10.6 Å². The lowest BCUT2D eigenvalue weighted by Gasteiger charge is -2.54. The van der Waals surface area contributed by atoms with E-state index in [1.807, 2.05) is 6.07 Å². The van der Waals surface area contributed by atoms with Gasteiger partial charge < -0.3 is 20.6 Å². The normalized spacial score (nSPS) is 28.1. The summed E-state index contributed by atoms with van der Waals surface area (Å²) in [6.45, 7) is 0.547. The number of nitrogens with one attached hydrogen (secondary N) is 2. The van der Waals surface area contributed by atoms with Gasteiger partial charge in [-0.15, -0.1) is 0 Å². The smallest absolute Gasteiger partial charge is 0.264 e. The number of nitriles is 1. The van der Waals surface area contributed by atoms with Crippen LogP contribution in [0.1, 0.15) is 49.7 Å². The molecule has 0 aromatic heterocycles. The summed E-state index contributed by atoms with van der Waals surface area (Å²) < 4.78 is 30.5. The van der Waals surface area contributed by atoms with E-state index in [1.54, 1.807) is 48.5 Å². The van der Waals surface area contributed by atoms with Gasteiger partial charge in [0.05, 0.1) is 12.0 Å². The summed E-state index contributed by atoms with van der Waals surface area (Å²) >= 11 is 0. The number of fused-ring (bicyclic) bond motifs is 6. The molecule has 3 saturated heterocycles. The second kappa shape index (κ2) is 9.66. The second-order valence-corrected chi connectivity index (χ2v) is 11.3. The molecule has 3 amide bonds. The number of aliphatic hydroxyl groups is 1. The van der Waals surface area contributed by atoms with Crippen LogP contribution in [0.4, 0.5) is 8.78 Å². The predicted octanol–water partition coefficient (Wildman–Crippen LogP) is 2.84. The van der Waals surface area contributed by atoms with Gasteiger partial charge >= 0.3 is 0 Å². The number of hydrogen-bond donors (Lipinski definition) is 3. The van der Waals surface area contributed by atoms with Crippen LogP contribution in [0.3, 0.4) is 0 Å². The molecule has 0 radical (unpaired) electrons. The molecule has 7 rings (SSSR count). The molecule has 3 N–H and O–H groups in total. The average Bonchev–Trinajstić information content (AvgIpc) is 3.22. The third-order valence-corrected chi connectivity index (χ3v) is 9.06. The topological polar surface area (TPSA) is 123 Å². The van der Waals surface area contributed by atoms with Gasteiger partial charge in [0.15, 0.2) is 5.60 Å². The van der Waals surface area contributed by atoms with Gasteiger partial charge in [0.1, 0.15) is 12.1 Å². The minimum atomic E-state index is -3.19. The quantitative estimate of drug-likeness (QED) is 0.531. The monoisotopic (exact) mass is 548 g/mol. The van der Waals surface area contributed by atoms with Gasteiger partial charge in [-0.1, -0.05) is 48.5 Å². The number of carbonyl (C=O) groups excluding carboxylic acids is 3. The third kappa shape index (κ3) is 3.98. The summed E-state index contributed by atoms with van der Waals surface area (Å²) in [6, 6.07) is 12.2. The van der Waals surface area contributed by atoms with E-state index in [-0.39, 0.29) is 25.2 Å². The van der Waals surface area contributed by atoms with Crippen LogP contribution in [0.15, 0.2) is 48.5 Å². The largest absolute Gasteiger partial charge is 0.372 e. The maximum absolute atomic E-state index is 15.2. The molecule has 5 aliphatic rings. The van der Waals surface area contributed by atoms with Crippen molar-refractivity contribution >= 4 is 17.7 Å². The molecule has 4 fully saturated rings. The summed E-state index contributed by atoms with van der Waals surface area (Å²) in [5.41, 5.74) is -0.151. The molecular weight excluding hydrogens is 518 g/mol. The van der Waals surface area contributed by atoms with Crippen molar-refractivity contribution in [3.05, 3.63) is 59.7 Å². The van der Waals surface area contributed by atoms with Crippen molar-refractivity contribution in [3.8, 4) is 17.2 Å². The number of carbonyl (C=O) groups is 3. The summed E-state index contributed by atoms with van der Waals surface area (Å²) in [5.74, 6) is -7.03. The fraction of sp³-hybridized carbons (Fsp3) is 0.467. The van der Waals surface area contributed by atoms with E-state index in [0.717, 1.165) is 11.3 Å². The van der Waals surface area contributed by atoms with Crippen LogP contribution in [-0.2, 0) is 20.0 Å². The molecule has 2 aromatic carbocycles. The number of piperidine rings is 3. The number of amides is 3. The van der Waals surface area contributed by atoms with E-state index >= 15 is 8.78 Å². The number of alkyl halides is 2. The Morgan fingerprint density at radius 2 is 1.75 bits per heavy atom. The minimum Gasteiger partial charge on any atom is -0.372 e. The SMILES string of the molecule is N#C[C@H](C[C@H]1CCCNC1=O)NC(=O)[C@H]1[C@H]2CC[C@H](CC2(F)F)N1C(=O)C1(O)c2ccccc2-c2ccccc21. The Labute approximate surface area is 230 Å². The highest BCUT2D eigenvalue weighted by molar-refractivity contribution is 6.01. The maximum Gasteiger partial charge on any atom is 0.264 e. The maximum atomic E-state index is 15.2. The highest BCUT2D eigenvalue weighted by Crippen LogP contribution is 2.53. The van der Waals surface area contributed by atoms with Gasteiger partial charge in [-0.05, 0) is 43.2 Å². The Bertz CT molecular complexity index is 1380. The molecule has 2 aromatic rings. The lowest BCUT2D eigenvalue weighted by Crippen LogP contribution is -2.70. The van der Waals surface area contributed by atoms with Crippen LogP contribution in [-0.4, -0.2) is 58.3 Å². The molecule has 3 aliphatic heterocycles. The Kier molecular flexibility index (Phi) is 6.37. The Morgan fingerprint density at radius 3 is 2.35 bits per heavy atom. The summed E-state index contributed by atoms with van der Waals surface area (Å²) in [5, 5.41) is 27.2. The van der Waals surface area contributed by atoms with Crippen LogP contribution in [0, 0.1) is 23.2 Å². The zero-order valence-corrected chi connectivity index (χ0v) is 21.8. The van der Waals surface area contributed by atoms with Crippen LogP contribution >= 0.6 is 0 Å². The number of hydrogen-bond acceptors (Lipinski definition) is 5. The standard InChI is InChI=1S/C30H30F2N4O4/c31-29(32)15-19-11-12-24(29)25(27(38)35-18(16-33)14-17-6-5-13-34-26(17)37)36(19)28(39)30(40)22-9-3-1-7-20(22)21-8-2-4-10-23(21)30/h1-4,7-10,17-19,24-25,40H,5-6,11-15H2,(H,34,37)(H,35,38)/t17-,18+,19-,24-,25-/m1/s1. The van der Waals surface area contributed by atoms with E-state index in [0.29, 0.717) is 35.2 Å². The zero-order valence-electron chi connectivity index (χ0n) is 21.8. The van der Waals surface area contributed by atoms with Crippen molar-refractivity contribution in [3.63, 3.8) is 0 Å². The molecule has 8 nitrogen and oxygen atoms in total. The van der Waals surface area contributed by atoms with Crippen molar-refractivity contribution in [2.24, 2.45) is 11.8 Å². The summed E-state index contributed by atoms with van der Waals surface area (Å²) in [7, 11) is 0. The highest BCUT2D eigenvalue weighted by atomic mass is 19.3. The van der Waals surface area contributed by atoms with Crippen LogP contribution in [0.5, 0.6) is 0 Å². The molecular formula is C30H30F2N4O4. The van der Waals surface area contributed by atoms with Gasteiger partial charge in [-0.3, -0.25) is 14.4 Å². The number of nitrogens with zero attached hydrogens (tertiary/aromatic N) is 2. The van der Waals surface area contributed by atoms with Gasteiger partial charge in [0, 0.05) is 36.1 Å². The zero-order chi connectivity index (χ0) is 28.2. The minimum absolute atomic E-state index is 0.0351. The van der Waals surface area contributed by atoms with Gasteiger partial charge in [-0.2, -0.15) is 5.26 Å². The van der Waals surface area contributed by atoms with E-state index in [4.69, 9.17) is 0 Å². The van der Waals surface area contributed by atoms with E-state index in [1.165, 1.54) is 0 Å². The van der Waals surface area contributed by atoms with Gasteiger partial charge in [0.2, 0.25) is 11.8 Å². The first-order valence-corrected chi connectivity index (χ1v) is 13.8. The molecule has 208 valence electrons. The fourth-order valence-corrected chi connectivity index (χ4v) is 7.17. The van der Waals surface area contributed by atoms with Crippen LogP contribution in [0.2, 0.25) is 0 Å². The first-order valence-electron chi connectivity index (χ1n) is 13.8. The average molecular weight is 549 g/mol. The van der Waals surface area contributed by atoms with E-state index < -0.39 is 59.7 Å². The molecule has 40 heavy (non-hydrogen) atoms. The number of benzene rings is 2. The summed E-state index contributed by atoms with van der Waals surface area (Å²) in [4.78, 5) is 41.5. The van der Waals surface area contributed by atoms with Crippen molar-refractivity contribution in [2.75, 3.05) is 6.54 Å². The van der Waals surface area contributed by atoms with Crippen molar-refractivity contribution in [2.45, 2.75) is 68.2 Å². The Morgan fingerprint density at radius 1 is 1.10 bits per heavy atom. The molecule has 0 spiro atoms. The van der Waals surface area contributed by atoms with Gasteiger partial charge in [-0.25, -0.2) is 8.78 Å². The number of rotatable bonds is 5. The third-order valence-electron chi connectivity index (χ3n) is 9.06. The predicted molar refractivity (Wildman–Crippen MR) is 139 cm³/mol. The van der Waals surface area contributed by atoms with E-state index in [9.17, 15) is 24.8 Å². The van der Waals surface area contributed by atoms with Crippen molar-refractivity contribution in [1.29, 1.82) is 5.26 Å². The lowest BCUT2D eigenvalue weighted by molar-refractivity contribution is -0.201. The first kappa shape index (κ1) is 26.4. The first-order chi connectivity index (χ1) is 19.2.